The van der Waals surface area contributed by atoms with E-state index in [0.717, 1.165) is 13.0 Å². The molecule has 0 aliphatic heterocycles. The van der Waals surface area contributed by atoms with E-state index in [0.29, 0.717) is 12.8 Å². The minimum atomic E-state index is -0.00306. The van der Waals surface area contributed by atoms with Crippen molar-refractivity contribution in [3.05, 3.63) is 0 Å². The van der Waals surface area contributed by atoms with Gasteiger partial charge in [-0.3, -0.25) is 4.79 Å². The van der Waals surface area contributed by atoms with E-state index >= 15 is 0 Å². The Morgan fingerprint density at radius 1 is 1.07 bits per heavy atom. The first kappa shape index (κ1) is 13.1. The van der Waals surface area contributed by atoms with E-state index in [2.05, 4.69) is 12.2 Å². The molecule has 3 nitrogen and oxygen atoms in total. The van der Waals surface area contributed by atoms with Gasteiger partial charge in [0.25, 0.3) is 0 Å². The van der Waals surface area contributed by atoms with E-state index in [4.69, 9.17) is 0 Å². The minimum absolute atomic E-state index is 0.00306. The summed E-state index contributed by atoms with van der Waals surface area (Å²) in [5.41, 5.74) is 0. The SMILES string of the molecule is CCCCCCNC(=O)CCC(C)=O. The van der Waals surface area contributed by atoms with Gasteiger partial charge in [0.2, 0.25) is 5.91 Å². The average molecular weight is 199 g/mol. The van der Waals surface area contributed by atoms with Crippen molar-refractivity contribution in [1.82, 2.24) is 5.32 Å². The van der Waals surface area contributed by atoms with Gasteiger partial charge in [0.05, 0.1) is 0 Å². The number of hydrogen-bond donors (Lipinski definition) is 1. The number of hydrogen-bond acceptors (Lipinski definition) is 2. The maximum Gasteiger partial charge on any atom is 0.220 e. The van der Waals surface area contributed by atoms with Gasteiger partial charge < -0.3 is 10.1 Å². The predicted octanol–water partition coefficient (Wildman–Crippen LogP) is 2.05. The third-order valence-electron chi connectivity index (χ3n) is 2.06. The lowest BCUT2D eigenvalue weighted by molar-refractivity contribution is -0.124. The van der Waals surface area contributed by atoms with Gasteiger partial charge in [0.1, 0.15) is 5.78 Å². The van der Waals surface area contributed by atoms with E-state index in [1.165, 1.54) is 26.2 Å². The molecule has 0 aliphatic rings. The van der Waals surface area contributed by atoms with Crippen molar-refractivity contribution in [2.45, 2.75) is 52.4 Å². The number of Topliss-reactive ketones (excluding diaryl/α,β-unsaturated/α-hetero) is 1. The summed E-state index contributed by atoms with van der Waals surface area (Å²) < 4.78 is 0. The zero-order chi connectivity index (χ0) is 10.8. The molecule has 3 heteroatoms. The van der Waals surface area contributed by atoms with Crippen molar-refractivity contribution in [3.8, 4) is 0 Å². The highest BCUT2D eigenvalue weighted by Gasteiger charge is 2.01. The molecule has 0 aromatic rings. The second kappa shape index (κ2) is 8.73. The second-order valence-electron chi connectivity index (χ2n) is 3.61. The van der Waals surface area contributed by atoms with Gasteiger partial charge in [-0.1, -0.05) is 26.2 Å². The van der Waals surface area contributed by atoms with Crippen LogP contribution < -0.4 is 5.32 Å². The molecule has 0 fully saturated rings. The van der Waals surface area contributed by atoms with E-state index < -0.39 is 0 Å². The third kappa shape index (κ3) is 9.23. The van der Waals surface area contributed by atoms with Crippen LogP contribution in [-0.4, -0.2) is 18.2 Å². The fourth-order valence-electron chi connectivity index (χ4n) is 1.16. The summed E-state index contributed by atoms with van der Waals surface area (Å²) in [5.74, 6) is 0.0721. The molecule has 0 saturated heterocycles. The van der Waals surface area contributed by atoms with E-state index in [1.807, 2.05) is 0 Å². The summed E-state index contributed by atoms with van der Waals surface area (Å²) in [5, 5.41) is 2.81. The molecule has 0 aromatic heterocycles. The van der Waals surface area contributed by atoms with Crippen LogP contribution in [0, 0.1) is 0 Å². The number of ketones is 1. The molecular weight excluding hydrogens is 178 g/mol. The van der Waals surface area contributed by atoms with Crippen LogP contribution in [0.3, 0.4) is 0 Å². The van der Waals surface area contributed by atoms with Gasteiger partial charge in [-0.15, -0.1) is 0 Å². The summed E-state index contributed by atoms with van der Waals surface area (Å²) in [4.78, 5) is 21.7. The quantitative estimate of drug-likeness (QED) is 0.608. The Balaban J connectivity index is 3.22. The molecule has 0 radical (unpaired) electrons. The van der Waals surface area contributed by atoms with Gasteiger partial charge in [-0.25, -0.2) is 0 Å². The van der Waals surface area contributed by atoms with E-state index in [-0.39, 0.29) is 11.7 Å². The number of carbonyl (C=O) groups excluding carboxylic acids is 2. The maximum absolute atomic E-state index is 11.1. The van der Waals surface area contributed by atoms with E-state index in [1.54, 1.807) is 0 Å². The Morgan fingerprint density at radius 2 is 1.79 bits per heavy atom. The van der Waals surface area contributed by atoms with E-state index in [9.17, 15) is 9.59 Å². The fourth-order valence-corrected chi connectivity index (χ4v) is 1.16. The number of carbonyl (C=O) groups is 2. The van der Waals surface area contributed by atoms with Crippen molar-refractivity contribution >= 4 is 11.7 Å². The molecule has 1 amide bonds. The van der Waals surface area contributed by atoms with Crippen LogP contribution in [0.4, 0.5) is 0 Å². The zero-order valence-electron chi connectivity index (χ0n) is 9.27. The van der Waals surface area contributed by atoms with Crippen LogP contribution in [-0.2, 0) is 9.59 Å². The fraction of sp³-hybridized carbons (Fsp3) is 0.818. The van der Waals surface area contributed by atoms with Crippen molar-refractivity contribution in [2.75, 3.05) is 6.54 Å². The van der Waals surface area contributed by atoms with Crippen molar-refractivity contribution in [3.63, 3.8) is 0 Å². The van der Waals surface area contributed by atoms with Crippen LogP contribution >= 0.6 is 0 Å². The molecule has 0 rings (SSSR count). The lowest BCUT2D eigenvalue weighted by Gasteiger charge is -2.03. The topological polar surface area (TPSA) is 46.2 Å². The summed E-state index contributed by atoms with van der Waals surface area (Å²) in [7, 11) is 0. The summed E-state index contributed by atoms with van der Waals surface area (Å²) >= 11 is 0. The van der Waals surface area contributed by atoms with Gasteiger partial charge in [-0.05, 0) is 13.3 Å². The Hall–Kier alpha value is -0.860. The maximum atomic E-state index is 11.1. The standard InChI is InChI=1S/C11H21NO2/c1-3-4-5-6-9-12-11(14)8-7-10(2)13/h3-9H2,1-2H3,(H,12,14). The molecule has 0 aliphatic carbocycles. The third-order valence-corrected chi connectivity index (χ3v) is 2.06. The molecule has 1 N–H and O–H groups in total. The van der Waals surface area contributed by atoms with Crippen molar-refractivity contribution < 1.29 is 9.59 Å². The Morgan fingerprint density at radius 3 is 2.36 bits per heavy atom. The Bertz CT molecular complexity index is 178. The molecule has 0 spiro atoms. The second-order valence-corrected chi connectivity index (χ2v) is 3.61. The van der Waals surface area contributed by atoms with Crippen molar-refractivity contribution in [2.24, 2.45) is 0 Å². The largest absolute Gasteiger partial charge is 0.356 e. The number of rotatable bonds is 8. The predicted molar refractivity (Wildman–Crippen MR) is 57.1 cm³/mol. The molecule has 14 heavy (non-hydrogen) atoms. The molecule has 0 atom stereocenters. The van der Waals surface area contributed by atoms with Crippen molar-refractivity contribution in [1.29, 1.82) is 0 Å². The van der Waals surface area contributed by atoms with Crippen LogP contribution in [0.5, 0.6) is 0 Å². The van der Waals surface area contributed by atoms with Gasteiger partial charge in [-0.2, -0.15) is 0 Å². The normalized spacial score (nSPS) is 9.86. The first-order valence-corrected chi connectivity index (χ1v) is 5.43. The summed E-state index contributed by atoms with van der Waals surface area (Å²) in [6.07, 6.45) is 5.34. The van der Waals surface area contributed by atoms with Crippen LogP contribution in [0.2, 0.25) is 0 Å². The highest BCUT2D eigenvalue weighted by molar-refractivity contribution is 5.83. The highest BCUT2D eigenvalue weighted by Crippen LogP contribution is 1.97. The summed E-state index contributed by atoms with van der Waals surface area (Å²) in [6.45, 7) is 4.41. The van der Waals surface area contributed by atoms with Gasteiger partial charge in [0.15, 0.2) is 0 Å². The molecule has 0 bridgehead atoms. The number of amides is 1. The zero-order valence-corrected chi connectivity index (χ0v) is 9.27. The molecule has 82 valence electrons. The molecular formula is C11H21NO2. The monoisotopic (exact) mass is 199 g/mol. The molecule has 0 aromatic carbocycles. The average Bonchev–Trinajstić information content (AvgIpc) is 2.14. The lowest BCUT2D eigenvalue weighted by atomic mass is 10.2. The Labute approximate surface area is 86.3 Å². The molecule has 0 saturated carbocycles. The molecule has 0 heterocycles. The molecule has 0 unspecified atom stereocenters. The smallest absolute Gasteiger partial charge is 0.220 e. The van der Waals surface area contributed by atoms with Gasteiger partial charge in [0, 0.05) is 19.4 Å². The van der Waals surface area contributed by atoms with Crippen LogP contribution in [0.1, 0.15) is 52.4 Å². The minimum Gasteiger partial charge on any atom is -0.356 e. The summed E-state index contributed by atoms with van der Waals surface area (Å²) in [6, 6.07) is 0. The number of unbranched alkanes of at least 4 members (excludes halogenated alkanes) is 3. The van der Waals surface area contributed by atoms with Crippen LogP contribution in [0.25, 0.3) is 0 Å². The first-order chi connectivity index (χ1) is 6.66. The number of nitrogens with one attached hydrogen (secondary N) is 1. The van der Waals surface area contributed by atoms with Crippen LogP contribution in [0.15, 0.2) is 0 Å². The van der Waals surface area contributed by atoms with Gasteiger partial charge >= 0.3 is 0 Å². The lowest BCUT2D eigenvalue weighted by Crippen LogP contribution is -2.24. The first-order valence-electron chi connectivity index (χ1n) is 5.43. The Kier molecular flexibility index (Phi) is 8.19. The highest BCUT2D eigenvalue weighted by atomic mass is 16.2.